The van der Waals surface area contributed by atoms with Gasteiger partial charge in [-0.25, -0.2) is 0 Å². The summed E-state index contributed by atoms with van der Waals surface area (Å²) in [6.07, 6.45) is -20.0. The largest absolute Gasteiger partial charge is 0.461 e. The van der Waals surface area contributed by atoms with E-state index in [1.54, 1.807) is 0 Å². The van der Waals surface area contributed by atoms with Gasteiger partial charge in [-0.1, -0.05) is 11.6 Å². The number of ether oxygens (including phenoxy) is 1. The van der Waals surface area contributed by atoms with Gasteiger partial charge in [0.25, 0.3) is 0 Å². The third-order valence-electron chi connectivity index (χ3n) is 2.47. The summed E-state index contributed by atoms with van der Waals surface area (Å²) in [5.74, 6) is -11.4. The maximum Gasteiger partial charge on any atom is 0.461 e. The maximum atomic E-state index is 13.3. The molecule has 142 valence electrons. The van der Waals surface area contributed by atoms with E-state index in [9.17, 15) is 48.3 Å². The molecule has 0 spiro atoms. The van der Waals surface area contributed by atoms with E-state index in [0.29, 0.717) is 12.1 Å². The van der Waals surface area contributed by atoms with Crippen LogP contribution in [-0.4, -0.2) is 24.5 Å². The molecule has 1 rings (SSSR count). The molecule has 1 nitrogen and oxygen atoms in total. The first-order chi connectivity index (χ1) is 11.0. The predicted octanol–water partition coefficient (Wildman–Crippen LogP) is 6.30. The lowest BCUT2D eigenvalue weighted by Crippen LogP contribution is -2.44. The number of alkyl halides is 11. The minimum Gasteiger partial charge on any atom is -0.454 e. The zero-order valence-electron chi connectivity index (χ0n) is 11.3. The van der Waals surface area contributed by atoms with Crippen LogP contribution in [0.15, 0.2) is 35.6 Å². The van der Waals surface area contributed by atoms with Crippen molar-refractivity contribution >= 4 is 11.6 Å². The van der Waals surface area contributed by atoms with Gasteiger partial charge in [0.15, 0.2) is 5.57 Å². The van der Waals surface area contributed by atoms with Crippen LogP contribution in [0.25, 0.3) is 0 Å². The van der Waals surface area contributed by atoms with Gasteiger partial charge >= 0.3 is 24.5 Å². The zero-order valence-corrected chi connectivity index (χ0v) is 12.0. The molecule has 1 aromatic carbocycles. The van der Waals surface area contributed by atoms with Gasteiger partial charge in [-0.15, -0.1) is 0 Å². The Kier molecular flexibility index (Phi) is 5.58. The highest BCUT2D eigenvalue weighted by Gasteiger charge is 2.68. The van der Waals surface area contributed by atoms with Crippen LogP contribution >= 0.6 is 11.6 Å². The molecule has 13 heteroatoms. The van der Waals surface area contributed by atoms with Crippen LogP contribution in [0.4, 0.5) is 48.3 Å². The number of hydrogen-bond donors (Lipinski definition) is 0. The van der Waals surface area contributed by atoms with E-state index in [1.165, 1.54) is 0 Å². The number of halogens is 12. The molecule has 1 aromatic rings. The standard InChI is InChI=1S/C12H4ClF11O/c13-5-1-3-6(4-2-5)25-8(9(14,15)12(22,23)24)7(10(16,17)18)11(19,20)21/h1-4H. The lowest BCUT2D eigenvalue weighted by molar-refractivity contribution is -0.277. The number of allylic oxidation sites excluding steroid dienone is 2. The lowest BCUT2D eigenvalue weighted by atomic mass is 10.1. The molecule has 0 fully saturated rings. The van der Waals surface area contributed by atoms with E-state index in [1.807, 2.05) is 0 Å². The van der Waals surface area contributed by atoms with Crippen LogP contribution in [0.1, 0.15) is 0 Å². The molecule has 0 aliphatic heterocycles. The second kappa shape index (κ2) is 6.54. The number of benzene rings is 1. The Morgan fingerprint density at radius 1 is 0.720 bits per heavy atom. The summed E-state index contributed by atoms with van der Waals surface area (Å²) in [5.41, 5.74) is -4.11. The number of rotatable bonds is 3. The van der Waals surface area contributed by atoms with Crippen molar-refractivity contribution in [2.75, 3.05) is 0 Å². The van der Waals surface area contributed by atoms with Gasteiger partial charge in [-0.2, -0.15) is 48.3 Å². The molecule has 0 amide bonds. The van der Waals surface area contributed by atoms with Crippen molar-refractivity contribution < 1.29 is 53.0 Å². The van der Waals surface area contributed by atoms with Crippen molar-refractivity contribution in [3.63, 3.8) is 0 Å². The lowest BCUT2D eigenvalue weighted by Gasteiger charge is -2.27. The molecule has 0 N–H and O–H groups in total. The van der Waals surface area contributed by atoms with Crippen molar-refractivity contribution in [3.8, 4) is 5.75 Å². The minimum atomic E-state index is -6.78. The summed E-state index contributed by atoms with van der Waals surface area (Å²) in [6, 6.07) is 2.61. The molecule has 0 bridgehead atoms. The van der Waals surface area contributed by atoms with Crippen molar-refractivity contribution in [2.45, 2.75) is 24.5 Å². The van der Waals surface area contributed by atoms with Gasteiger partial charge in [0.05, 0.1) is 0 Å². The Morgan fingerprint density at radius 3 is 1.44 bits per heavy atom. The average Bonchev–Trinajstić information content (AvgIpc) is 2.35. The van der Waals surface area contributed by atoms with Gasteiger partial charge in [0.2, 0.25) is 5.76 Å². The van der Waals surface area contributed by atoms with Gasteiger partial charge in [-0.3, -0.25) is 0 Å². The molecular weight excluding hydrogens is 405 g/mol. The zero-order chi connectivity index (χ0) is 19.8. The molecule has 0 atom stereocenters. The van der Waals surface area contributed by atoms with Gasteiger partial charge in [0.1, 0.15) is 5.75 Å². The summed E-state index contributed by atoms with van der Waals surface area (Å²) in [5, 5.41) is -0.132. The normalized spacial score (nSPS) is 13.6. The highest BCUT2D eigenvalue weighted by Crippen LogP contribution is 2.49. The Labute approximate surface area is 136 Å². The van der Waals surface area contributed by atoms with Gasteiger partial charge in [-0.05, 0) is 24.3 Å². The van der Waals surface area contributed by atoms with Crippen LogP contribution in [0, 0.1) is 0 Å². The van der Waals surface area contributed by atoms with Crippen LogP contribution in [0.2, 0.25) is 5.02 Å². The summed E-state index contributed by atoms with van der Waals surface area (Å²) in [6.45, 7) is 0. The third-order valence-corrected chi connectivity index (χ3v) is 2.72. The fourth-order valence-corrected chi connectivity index (χ4v) is 1.57. The molecule has 25 heavy (non-hydrogen) atoms. The van der Waals surface area contributed by atoms with E-state index in [0.717, 1.165) is 12.1 Å². The van der Waals surface area contributed by atoms with Crippen LogP contribution in [0.3, 0.4) is 0 Å². The van der Waals surface area contributed by atoms with Crippen molar-refractivity contribution in [3.05, 3.63) is 40.6 Å². The predicted molar refractivity (Wildman–Crippen MR) is 62.2 cm³/mol. The van der Waals surface area contributed by atoms with E-state index in [2.05, 4.69) is 4.74 Å². The minimum absolute atomic E-state index is 0.132. The molecule has 0 unspecified atom stereocenters. The van der Waals surface area contributed by atoms with Gasteiger partial charge < -0.3 is 4.74 Å². The molecule has 0 aliphatic carbocycles. The Hall–Kier alpha value is -1.72. The molecule has 0 aliphatic rings. The van der Waals surface area contributed by atoms with Crippen LogP contribution < -0.4 is 4.74 Å². The highest BCUT2D eigenvalue weighted by molar-refractivity contribution is 6.30. The summed E-state index contributed by atoms with van der Waals surface area (Å²) in [7, 11) is 0. The fourth-order valence-electron chi connectivity index (χ4n) is 1.44. The Morgan fingerprint density at radius 2 is 1.12 bits per heavy atom. The second-order valence-electron chi connectivity index (χ2n) is 4.33. The SMILES string of the molecule is FC(F)(F)C(=C(Oc1ccc(Cl)cc1)C(F)(F)C(F)(F)F)C(F)(F)F. The first-order valence-electron chi connectivity index (χ1n) is 5.75. The molecule has 0 radical (unpaired) electrons. The van der Waals surface area contributed by atoms with Crippen molar-refractivity contribution in [2.24, 2.45) is 0 Å². The van der Waals surface area contributed by atoms with Crippen LogP contribution in [0.5, 0.6) is 5.75 Å². The molecule has 0 saturated carbocycles. The fraction of sp³-hybridized carbons (Fsp3) is 0.333. The highest BCUT2D eigenvalue weighted by atomic mass is 35.5. The summed E-state index contributed by atoms with van der Waals surface area (Å²) >= 11 is 5.36. The summed E-state index contributed by atoms with van der Waals surface area (Å²) in [4.78, 5) is 0. The quantitative estimate of drug-likeness (QED) is 0.421. The van der Waals surface area contributed by atoms with E-state index in [4.69, 9.17) is 11.6 Å². The van der Waals surface area contributed by atoms with Crippen molar-refractivity contribution in [1.82, 2.24) is 0 Å². The molecule has 0 aromatic heterocycles. The topological polar surface area (TPSA) is 9.23 Å². The number of hydrogen-bond acceptors (Lipinski definition) is 1. The van der Waals surface area contributed by atoms with Gasteiger partial charge in [0, 0.05) is 5.02 Å². The Balaban J connectivity index is 3.72. The first-order valence-corrected chi connectivity index (χ1v) is 6.13. The smallest absolute Gasteiger partial charge is 0.454 e. The van der Waals surface area contributed by atoms with E-state index in [-0.39, 0.29) is 5.02 Å². The Bertz CT molecular complexity index is 621. The molecule has 0 heterocycles. The average molecular weight is 409 g/mol. The first kappa shape index (κ1) is 21.3. The van der Waals surface area contributed by atoms with E-state index >= 15 is 0 Å². The van der Waals surface area contributed by atoms with Crippen LogP contribution in [-0.2, 0) is 0 Å². The van der Waals surface area contributed by atoms with E-state index < -0.39 is 41.5 Å². The summed E-state index contributed by atoms with van der Waals surface area (Å²) < 4.78 is 143. The molecule has 0 saturated heterocycles. The maximum absolute atomic E-state index is 13.3. The molecular formula is C12H4ClF11O. The van der Waals surface area contributed by atoms with Crippen molar-refractivity contribution in [1.29, 1.82) is 0 Å². The third kappa shape index (κ3) is 4.89. The second-order valence-corrected chi connectivity index (χ2v) is 4.76. The monoisotopic (exact) mass is 408 g/mol.